The Kier molecular flexibility index (Phi) is 5.90. The third kappa shape index (κ3) is 4.32. The number of hydrogen-bond acceptors (Lipinski definition) is 5. The molecule has 2 aliphatic heterocycles. The number of imide groups is 1. The van der Waals surface area contributed by atoms with Crippen LogP contribution in [0.2, 0.25) is 5.02 Å². The molecule has 1 aromatic heterocycles. The number of urea groups is 1. The number of carbonyl (C=O) groups excluding carboxylic acids is 3. The Hall–Kier alpha value is -3.91. The van der Waals surface area contributed by atoms with Gasteiger partial charge in [-0.1, -0.05) is 54.1 Å². The second-order valence-corrected chi connectivity index (χ2v) is 8.58. The van der Waals surface area contributed by atoms with E-state index in [-0.39, 0.29) is 0 Å². The number of furan rings is 1. The van der Waals surface area contributed by atoms with Crippen molar-refractivity contribution >= 4 is 35.2 Å². The van der Waals surface area contributed by atoms with Crippen LogP contribution < -0.4 is 5.32 Å². The Morgan fingerprint density at radius 3 is 2.53 bits per heavy atom. The molecule has 1 saturated heterocycles. The Bertz CT molecular complexity index is 1240. The Balaban J connectivity index is 1.34. The highest BCUT2D eigenvalue weighted by atomic mass is 35.5. The molecule has 5 rings (SSSR count). The fourth-order valence-electron chi connectivity index (χ4n) is 4.18. The molecule has 0 spiro atoms. The summed E-state index contributed by atoms with van der Waals surface area (Å²) in [7, 11) is 0. The monoisotopic (exact) mass is 476 g/mol. The van der Waals surface area contributed by atoms with Crippen molar-refractivity contribution < 1.29 is 18.8 Å². The van der Waals surface area contributed by atoms with Crippen LogP contribution in [0.4, 0.5) is 4.79 Å². The topological polar surface area (TPSA) is 95.2 Å². The third-order valence-corrected chi connectivity index (χ3v) is 6.15. The molecule has 3 heterocycles. The van der Waals surface area contributed by atoms with Crippen LogP contribution in [0.15, 0.2) is 82.5 Å². The average Bonchev–Trinajstić information content (AvgIpc) is 3.57. The number of hydrogen-bond donors (Lipinski definition) is 1. The van der Waals surface area contributed by atoms with Gasteiger partial charge in [0.05, 0.1) is 12.0 Å². The molecule has 0 aliphatic carbocycles. The first-order valence-electron chi connectivity index (χ1n) is 10.8. The molecule has 2 aromatic carbocycles. The van der Waals surface area contributed by atoms with E-state index >= 15 is 0 Å². The quantitative estimate of drug-likeness (QED) is 0.548. The summed E-state index contributed by atoms with van der Waals surface area (Å²) < 4.78 is 5.55. The lowest BCUT2D eigenvalue weighted by Gasteiger charge is -2.22. The molecule has 1 fully saturated rings. The van der Waals surface area contributed by atoms with E-state index in [1.54, 1.807) is 24.3 Å². The van der Waals surface area contributed by atoms with Crippen molar-refractivity contribution in [2.75, 3.05) is 6.54 Å². The molecular weight excluding hydrogens is 456 g/mol. The Labute approximate surface area is 200 Å². The minimum absolute atomic E-state index is 0.355. The number of carbonyl (C=O) groups is 3. The van der Waals surface area contributed by atoms with E-state index in [0.29, 0.717) is 29.3 Å². The zero-order chi connectivity index (χ0) is 23.7. The highest BCUT2D eigenvalue weighted by Crippen LogP contribution is 2.33. The zero-order valence-electron chi connectivity index (χ0n) is 18.1. The van der Waals surface area contributed by atoms with E-state index in [1.165, 1.54) is 11.3 Å². The average molecular weight is 477 g/mol. The van der Waals surface area contributed by atoms with Crippen LogP contribution in [-0.2, 0) is 16.0 Å². The summed E-state index contributed by atoms with van der Waals surface area (Å²) >= 11 is 6.00. The molecule has 0 saturated carbocycles. The first-order valence-corrected chi connectivity index (χ1v) is 11.2. The van der Waals surface area contributed by atoms with E-state index in [0.717, 1.165) is 16.0 Å². The number of amides is 4. The minimum Gasteiger partial charge on any atom is -0.467 e. The predicted molar refractivity (Wildman–Crippen MR) is 125 cm³/mol. The number of halogens is 1. The van der Waals surface area contributed by atoms with Crippen LogP contribution in [0.25, 0.3) is 0 Å². The van der Waals surface area contributed by atoms with Crippen LogP contribution in [0, 0.1) is 0 Å². The molecule has 0 bridgehead atoms. The van der Waals surface area contributed by atoms with E-state index in [2.05, 4.69) is 10.4 Å². The predicted octanol–water partition coefficient (Wildman–Crippen LogP) is 3.77. The van der Waals surface area contributed by atoms with Gasteiger partial charge in [0.15, 0.2) is 0 Å². The fraction of sp³-hybridized carbons (Fsp3) is 0.200. The molecule has 1 N–H and O–H groups in total. The van der Waals surface area contributed by atoms with Gasteiger partial charge in [-0.25, -0.2) is 9.80 Å². The Morgan fingerprint density at radius 1 is 1.06 bits per heavy atom. The highest BCUT2D eigenvalue weighted by Gasteiger charge is 2.42. The van der Waals surface area contributed by atoms with Crippen molar-refractivity contribution in [2.45, 2.75) is 24.9 Å². The van der Waals surface area contributed by atoms with E-state index in [9.17, 15) is 14.4 Å². The van der Waals surface area contributed by atoms with Gasteiger partial charge in [-0.05, 0) is 35.4 Å². The van der Waals surface area contributed by atoms with Gasteiger partial charge in [0.1, 0.15) is 24.4 Å². The van der Waals surface area contributed by atoms with E-state index in [4.69, 9.17) is 16.0 Å². The maximum absolute atomic E-state index is 13.3. The Morgan fingerprint density at radius 2 is 1.82 bits per heavy atom. The molecule has 8 nitrogen and oxygen atoms in total. The first-order chi connectivity index (χ1) is 16.5. The lowest BCUT2D eigenvalue weighted by molar-refractivity contribution is -0.138. The van der Waals surface area contributed by atoms with Gasteiger partial charge in [0.2, 0.25) is 0 Å². The standard InChI is InChI=1S/C25H21ClN4O4/c26-18-10-8-17(9-11-18)19-14-21(22-7-4-12-34-22)30(28-19)23(31)15-29-24(32)20(27-25(29)33)13-16-5-2-1-3-6-16/h1-12,20-21H,13-15H2,(H,27,33)/t20-,21-/m0/s1. The second-order valence-electron chi connectivity index (χ2n) is 8.14. The zero-order valence-corrected chi connectivity index (χ0v) is 18.8. The summed E-state index contributed by atoms with van der Waals surface area (Å²) in [6, 6.07) is 18.3. The van der Waals surface area contributed by atoms with Crippen LogP contribution in [0.3, 0.4) is 0 Å². The van der Waals surface area contributed by atoms with Gasteiger partial charge in [0.25, 0.3) is 11.8 Å². The van der Waals surface area contributed by atoms with Crippen LogP contribution in [-0.4, -0.2) is 46.1 Å². The van der Waals surface area contributed by atoms with Crippen molar-refractivity contribution in [2.24, 2.45) is 5.10 Å². The van der Waals surface area contributed by atoms with Gasteiger partial charge in [-0.15, -0.1) is 0 Å². The van der Waals surface area contributed by atoms with Gasteiger partial charge in [-0.2, -0.15) is 5.10 Å². The van der Waals surface area contributed by atoms with Gasteiger partial charge >= 0.3 is 6.03 Å². The second kappa shape index (κ2) is 9.15. The summed E-state index contributed by atoms with van der Waals surface area (Å²) in [5.74, 6) is -0.340. The smallest absolute Gasteiger partial charge is 0.325 e. The molecule has 3 aromatic rings. The molecule has 9 heteroatoms. The summed E-state index contributed by atoms with van der Waals surface area (Å²) in [6.07, 6.45) is 2.31. The molecule has 4 amide bonds. The largest absolute Gasteiger partial charge is 0.467 e. The van der Waals surface area contributed by atoms with Gasteiger partial charge in [-0.3, -0.25) is 14.5 Å². The highest BCUT2D eigenvalue weighted by molar-refractivity contribution is 6.30. The van der Waals surface area contributed by atoms with Gasteiger partial charge in [0, 0.05) is 17.9 Å². The van der Waals surface area contributed by atoms with Gasteiger partial charge < -0.3 is 9.73 Å². The van der Waals surface area contributed by atoms with Crippen LogP contribution in [0.1, 0.15) is 29.3 Å². The summed E-state index contributed by atoms with van der Waals surface area (Å²) in [4.78, 5) is 39.6. The third-order valence-electron chi connectivity index (χ3n) is 5.90. The van der Waals surface area contributed by atoms with Crippen LogP contribution >= 0.6 is 11.6 Å². The summed E-state index contributed by atoms with van der Waals surface area (Å²) in [5, 5.41) is 9.11. The number of hydrazone groups is 1. The molecule has 0 unspecified atom stereocenters. The van der Waals surface area contributed by atoms with Crippen molar-refractivity contribution in [3.8, 4) is 0 Å². The lowest BCUT2D eigenvalue weighted by atomic mass is 10.0. The fourth-order valence-corrected chi connectivity index (χ4v) is 4.31. The van der Waals surface area contributed by atoms with Crippen molar-refractivity contribution in [3.05, 3.63) is 94.9 Å². The van der Waals surface area contributed by atoms with Crippen molar-refractivity contribution in [3.63, 3.8) is 0 Å². The van der Waals surface area contributed by atoms with Crippen molar-refractivity contribution in [1.29, 1.82) is 0 Å². The molecular formula is C25H21ClN4O4. The molecule has 2 aliphatic rings. The number of nitrogens with zero attached hydrogens (tertiary/aromatic N) is 3. The number of nitrogens with one attached hydrogen (secondary N) is 1. The van der Waals surface area contributed by atoms with E-state index in [1.807, 2.05) is 42.5 Å². The summed E-state index contributed by atoms with van der Waals surface area (Å²) in [5.41, 5.74) is 2.43. The molecule has 172 valence electrons. The molecule has 2 atom stereocenters. The maximum atomic E-state index is 13.3. The molecule has 0 radical (unpaired) electrons. The van der Waals surface area contributed by atoms with Crippen molar-refractivity contribution in [1.82, 2.24) is 15.2 Å². The SMILES string of the molecule is O=C1N[C@@H](Cc2ccccc2)C(=O)N1CC(=O)N1N=C(c2ccc(Cl)cc2)C[C@H]1c1ccco1. The first kappa shape index (κ1) is 21.9. The normalized spacial score (nSPS) is 20.0. The lowest BCUT2D eigenvalue weighted by Crippen LogP contribution is -2.41. The number of rotatable bonds is 6. The summed E-state index contributed by atoms with van der Waals surface area (Å²) in [6.45, 7) is -0.412. The molecule has 34 heavy (non-hydrogen) atoms. The number of benzene rings is 2. The maximum Gasteiger partial charge on any atom is 0.325 e. The van der Waals surface area contributed by atoms with Crippen LogP contribution in [0.5, 0.6) is 0 Å². The minimum atomic E-state index is -0.713. The van der Waals surface area contributed by atoms with E-state index < -0.39 is 36.5 Å².